The number of rotatable bonds is 6. The third-order valence-corrected chi connectivity index (χ3v) is 4.58. The molecule has 0 atom stereocenters. The Morgan fingerprint density at radius 3 is 2.96 bits per heavy atom. The number of ether oxygens (including phenoxy) is 2. The molecule has 1 N–H and O–H groups in total. The fourth-order valence-corrected chi connectivity index (χ4v) is 3.23. The number of para-hydroxylation sites is 2. The van der Waals surface area contributed by atoms with E-state index in [1.807, 2.05) is 6.07 Å². The molecule has 9 heteroatoms. The van der Waals surface area contributed by atoms with E-state index in [4.69, 9.17) is 14.7 Å². The third-order valence-electron chi connectivity index (χ3n) is 3.75. The lowest BCUT2D eigenvalue weighted by Crippen LogP contribution is -2.40. The summed E-state index contributed by atoms with van der Waals surface area (Å²) in [5.41, 5.74) is 0.949. The van der Waals surface area contributed by atoms with Gasteiger partial charge in [-0.3, -0.25) is 14.4 Å². The maximum atomic E-state index is 12.0. The summed E-state index contributed by atoms with van der Waals surface area (Å²) in [6, 6.07) is 10.6. The molecule has 0 fully saturated rings. The van der Waals surface area contributed by atoms with E-state index in [2.05, 4.69) is 5.32 Å². The molecule has 0 radical (unpaired) electrons. The SMILES string of the molecule is N#Cc1ccsc1NC(=O)COC(=O)CCN1C(=O)COc2ccccc21. The molecule has 1 aliphatic rings. The Bertz CT molecular complexity index is 918. The number of nitrogens with one attached hydrogen (secondary N) is 1. The Morgan fingerprint density at radius 1 is 1.33 bits per heavy atom. The Kier molecular flexibility index (Phi) is 5.68. The summed E-state index contributed by atoms with van der Waals surface area (Å²) in [6.07, 6.45) is -0.0597. The number of carbonyl (C=O) groups is 3. The smallest absolute Gasteiger partial charge is 0.308 e. The summed E-state index contributed by atoms with van der Waals surface area (Å²) in [5, 5.41) is 13.5. The molecule has 0 saturated carbocycles. The molecule has 3 rings (SSSR count). The molecular formula is C18H15N3O5S. The van der Waals surface area contributed by atoms with Crippen LogP contribution in [0.3, 0.4) is 0 Å². The number of thiophene rings is 1. The van der Waals surface area contributed by atoms with Gasteiger partial charge in [0, 0.05) is 6.54 Å². The van der Waals surface area contributed by atoms with Gasteiger partial charge in [-0.25, -0.2) is 0 Å². The first-order valence-corrected chi connectivity index (χ1v) is 8.91. The van der Waals surface area contributed by atoms with Gasteiger partial charge >= 0.3 is 5.97 Å². The van der Waals surface area contributed by atoms with E-state index in [-0.39, 0.29) is 25.5 Å². The van der Waals surface area contributed by atoms with Crippen molar-refractivity contribution in [3.8, 4) is 11.8 Å². The van der Waals surface area contributed by atoms with Gasteiger partial charge in [0.25, 0.3) is 11.8 Å². The van der Waals surface area contributed by atoms with Crippen molar-refractivity contribution in [2.24, 2.45) is 0 Å². The molecule has 1 aliphatic heterocycles. The fourth-order valence-electron chi connectivity index (χ4n) is 2.48. The summed E-state index contributed by atoms with van der Waals surface area (Å²) < 4.78 is 10.3. The highest BCUT2D eigenvalue weighted by atomic mass is 32.1. The number of hydrogen-bond acceptors (Lipinski definition) is 7. The summed E-state index contributed by atoms with van der Waals surface area (Å²) in [7, 11) is 0. The van der Waals surface area contributed by atoms with Gasteiger partial charge < -0.3 is 19.7 Å². The van der Waals surface area contributed by atoms with Crippen LogP contribution in [0.25, 0.3) is 0 Å². The second kappa shape index (κ2) is 8.33. The lowest BCUT2D eigenvalue weighted by atomic mass is 10.2. The Labute approximate surface area is 158 Å². The number of hydrogen-bond donors (Lipinski definition) is 1. The van der Waals surface area contributed by atoms with E-state index in [0.717, 1.165) is 0 Å². The van der Waals surface area contributed by atoms with Gasteiger partial charge in [0.15, 0.2) is 13.2 Å². The van der Waals surface area contributed by atoms with E-state index < -0.39 is 18.5 Å². The lowest BCUT2D eigenvalue weighted by molar-refractivity contribution is -0.147. The molecular weight excluding hydrogens is 370 g/mol. The highest BCUT2D eigenvalue weighted by molar-refractivity contribution is 7.14. The minimum atomic E-state index is -0.603. The normalized spacial score (nSPS) is 12.6. The number of esters is 1. The maximum absolute atomic E-state index is 12.0. The van der Waals surface area contributed by atoms with Crippen LogP contribution in [0.15, 0.2) is 35.7 Å². The van der Waals surface area contributed by atoms with Gasteiger partial charge in [-0.1, -0.05) is 12.1 Å². The summed E-state index contributed by atoms with van der Waals surface area (Å²) in [6.45, 7) is -0.422. The second-order valence-corrected chi connectivity index (χ2v) is 6.45. The number of fused-ring (bicyclic) bond motifs is 1. The molecule has 0 saturated heterocycles. The summed E-state index contributed by atoms with van der Waals surface area (Å²) >= 11 is 1.21. The number of nitriles is 1. The van der Waals surface area contributed by atoms with Crippen molar-refractivity contribution < 1.29 is 23.9 Å². The molecule has 0 bridgehead atoms. The van der Waals surface area contributed by atoms with Crippen molar-refractivity contribution in [1.82, 2.24) is 0 Å². The number of amides is 2. The molecule has 2 aromatic rings. The third kappa shape index (κ3) is 4.43. The predicted octanol–water partition coefficient (Wildman–Crippen LogP) is 1.92. The predicted molar refractivity (Wildman–Crippen MR) is 97.5 cm³/mol. The van der Waals surface area contributed by atoms with Crippen molar-refractivity contribution in [2.45, 2.75) is 6.42 Å². The number of nitrogens with zero attached hydrogens (tertiary/aromatic N) is 2. The van der Waals surface area contributed by atoms with E-state index >= 15 is 0 Å². The molecule has 1 aromatic heterocycles. The van der Waals surface area contributed by atoms with Gasteiger partial charge in [0.2, 0.25) is 0 Å². The highest BCUT2D eigenvalue weighted by Crippen LogP contribution is 2.31. The van der Waals surface area contributed by atoms with Gasteiger partial charge in [-0.15, -0.1) is 11.3 Å². The second-order valence-electron chi connectivity index (χ2n) is 5.54. The molecule has 8 nitrogen and oxygen atoms in total. The van der Waals surface area contributed by atoms with Crippen LogP contribution in [-0.2, 0) is 19.1 Å². The Morgan fingerprint density at radius 2 is 2.15 bits per heavy atom. The lowest BCUT2D eigenvalue weighted by Gasteiger charge is -2.28. The molecule has 0 unspecified atom stereocenters. The van der Waals surface area contributed by atoms with Crippen LogP contribution in [0.2, 0.25) is 0 Å². The Balaban J connectivity index is 1.48. The minimum Gasteiger partial charge on any atom is -0.482 e. The first-order valence-electron chi connectivity index (χ1n) is 8.03. The van der Waals surface area contributed by atoms with Crippen LogP contribution in [0.5, 0.6) is 5.75 Å². The van der Waals surface area contributed by atoms with Crippen LogP contribution < -0.4 is 15.0 Å². The zero-order chi connectivity index (χ0) is 19.2. The molecule has 2 amide bonds. The van der Waals surface area contributed by atoms with E-state index in [1.54, 1.807) is 35.7 Å². The quantitative estimate of drug-likeness (QED) is 0.761. The summed E-state index contributed by atoms with van der Waals surface area (Å²) in [5.74, 6) is -0.807. The van der Waals surface area contributed by atoms with Crippen molar-refractivity contribution in [3.63, 3.8) is 0 Å². The van der Waals surface area contributed by atoms with Crippen molar-refractivity contribution in [3.05, 3.63) is 41.3 Å². The van der Waals surface area contributed by atoms with Crippen molar-refractivity contribution in [1.29, 1.82) is 5.26 Å². The zero-order valence-corrected chi connectivity index (χ0v) is 15.0. The molecule has 0 spiro atoms. The van der Waals surface area contributed by atoms with Crippen molar-refractivity contribution >= 4 is 39.8 Å². The molecule has 138 valence electrons. The zero-order valence-electron chi connectivity index (χ0n) is 14.1. The minimum absolute atomic E-state index is 0.0597. The van der Waals surface area contributed by atoms with Gasteiger partial charge in [-0.05, 0) is 23.6 Å². The van der Waals surface area contributed by atoms with Crippen LogP contribution in [0.1, 0.15) is 12.0 Å². The van der Waals surface area contributed by atoms with Gasteiger partial charge in [-0.2, -0.15) is 5.26 Å². The number of anilines is 2. The Hall–Kier alpha value is -3.38. The molecule has 1 aromatic carbocycles. The average molecular weight is 385 g/mol. The van der Waals surface area contributed by atoms with Crippen LogP contribution >= 0.6 is 11.3 Å². The highest BCUT2D eigenvalue weighted by Gasteiger charge is 2.25. The van der Waals surface area contributed by atoms with E-state index in [1.165, 1.54) is 16.2 Å². The maximum Gasteiger partial charge on any atom is 0.308 e. The summed E-state index contributed by atoms with van der Waals surface area (Å²) in [4.78, 5) is 37.2. The van der Waals surface area contributed by atoms with Gasteiger partial charge in [0.05, 0.1) is 17.7 Å². The van der Waals surface area contributed by atoms with E-state index in [9.17, 15) is 14.4 Å². The van der Waals surface area contributed by atoms with Crippen LogP contribution in [-0.4, -0.2) is 37.5 Å². The molecule has 27 heavy (non-hydrogen) atoms. The standard InChI is InChI=1S/C18H15N3O5S/c19-9-12-6-8-27-18(12)20-15(22)10-26-17(24)5-7-21-13-3-1-2-4-14(13)25-11-16(21)23/h1-4,6,8H,5,7,10-11H2,(H,20,22). The van der Waals surface area contributed by atoms with Crippen molar-refractivity contribution in [2.75, 3.05) is 30.0 Å². The average Bonchev–Trinajstić information content (AvgIpc) is 3.12. The first kappa shape index (κ1) is 18.4. The van der Waals surface area contributed by atoms with Gasteiger partial charge in [0.1, 0.15) is 16.8 Å². The monoisotopic (exact) mass is 385 g/mol. The number of benzene rings is 1. The van der Waals surface area contributed by atoms with Crippen LogP contribution in [0.4, 0.5) is 10.7 Å². The fraction of sp³-hybridized carbons (Fsp3) is 0.222. The topological polar surface area (TPSA) is 109 Å². The van der Waals surface area contributed by atoms with Crippen LogP contribution in [0, 0.1) is 11.3 Å². The molecule has 2 heterocycles. The van der Waals surface area contributed by atoms with E-state index in [0.29, 0.717) is 22.0 Å². The first-order chi connectivity index (χ1) is 13.1. The molecule has 0 aliphatic carbocycles. The largest absolute Gasteiger partial charge is 0.482 e. The number of carbonyl (C=O) groups excluding carboxylic acids is 3.